The summed E-state index contributed by atoms with van der Waals surface area (Å²) in [4.78, 5) is 6.96. The van der Waals surface area contributed by atoms with Crippen molar-refractivity contribution in [2.24, 2.45) is 5.92 Å². The van der Waals surface area contributed by atoms with E-state index in [2.05, 4.69) is 43.3 Å². The second kappa shape index (κ2) is 8.90. The molecule has 2 rings (SSSR count). The Kier molecular flexibility index (Phi) is 7.91. The first kappa shape index (κ1) is 16.9. The number of likely N-dealkylation sites (tertiary alicyclic amines) is 1. The summed E-state index contributed by atoms with van der Waals surface area (Å²) in [5, 5.41) is 3.24. The van der Waals surface area contributed by atoms with E-state index in [0.29, 0.717) is 0 Å². The summed E-state index contributed by atoms with van der Waals surface area (Å²) in [5.74, 6) is 0.909. The lowest BCUT2D eigenvalue weighted by Crippen LogP contribution is -2.34. The fraction of sp³-hybridized carbons (Fsp3) is 0.643. The largest absolute Gasteiger partial charge is 0.320 e. The smallest absolute Gasteiger partial charge is 0.0544 e. The van der Waals surface area contributed by atoms with E-state index < -0.39 is 0 Å². The van der Waals surface area contributed by atoms with Crippen molar-refractivity contribution in [3.63, 3.8) is 0 Å². The number of rotatable bonds is 5. The van der Waals surface area contributed by atoms with Gasteiger partial charge in [0.2, 0.25) is 0 Å². The molecule has 0 aromatic carbocycles. The maximum atomic E-state index is 4.44. The van der Waals surface area contributed by atoms with Gasteiger partial charge in [0.15, 0.2) is 0 Å². The van der Waals surface area contributed by atoms with Crippen molar-refractivity contribution in [3.8, 4) is 0 Å². The summed E-state index contributed by atoms with van der Waals surface area (Å²) in [5.41, 5.74) is 1.17. The van der Waals surface area contributed by atoms with E-state index in [1.165, 1.54) is 38.0 Å². The van der Waals surface area contributed by atoms with Gasteiger partial charge in [0.1, 0.15) is 0 Å². The summed E-state index contributed by atoms with van der Waals surface area (Å²) >= 11 is 3.42. The SMILES string of the molecule is CNCCC1CCN(Cc2ccc(Br)cn2)CC1.Cl. The van der Waals surface area contributed by atoms with Crippen LogP contribution >= 0.6 is 28.3 Å². The van der Waals surface area contributed by atoms with Gasteiger partial charge in [0.05, 0.1) is 5.69 Å². The van der Waals surface area contributed by atoms with Crippen LogP contribution in [0.3, 0.4) is 0 Å². The topological polar surface area (TPSA) is 28.2 Å². The molecule has 5 heteroatoms. The highest BCUT2D eigenvalue weighted by Gasteiger charge is 2.18. The highest BCUT2D eigenvalue weighted by Crippen LogP contribution is 2.21. The van der Waals surface area contributed by atoms with Gasteiger partial charge >= 0.3 is 0 Å². The lowest BCUT2D eigenvalue weighted by molar-refractivity contribution is 0.171. The van der Waals surface area contributed by atoms with Crippen LogP contribution in [-0.2, 0) is 6.54 Å². The van der Waals surface area contributed by atoms with Crippen LogP contribution in [0.25, 0.3) is 0 Å². The van der Waals surface area contributed by atoms with E-state index in [0.717, 1.165) is 23.5 Å². The number of aromatic nitrogens is 1. The molecule has 0 radical (unpaired) electrons. The second-order valence-corrected chi connectivity index (χ2v) is 6.00. The molecule has 1 saturated heterocycles. The van der Waals surface area contributed by atoms with Crippen LogP contribution in [0, 0.1) is 5.92 Å². The predicted molar refractivity (Wildman–Crippen MR) is 85.7 cm³/mol. The van der Waals surface area contributed by atoms with Crippen molar-refractivity contribution in [1.82, 2.24) is 15.2 Å². The molecular weight excluding hydrogens is 326 g/mol. The minimum absolute atomic E-state index is 0. The lowest BCUT2D eigenvalue weighted by Gasteiger charge is -2.31. The van der Waals surface area contributed by atoms with Crippen LogP contribution in [0.2, 0.25) is 0 Å². The quantitative estimate of drug-likeness (QED) is 0.886. The number of nitrogens with one attached hydrogen (secondary N) is 1. The maximum absolute atomic E-state index is 4.44. The number of halogens is 2. The number of hydrogen-bond donors (Lipinski definition) is 1. The van der Waals surface area contributed by atoms with Crippen LogP contribution in [0.15, 0.2) is 22.8 Å². The summed E-state index contributed by atoms with van der Waals surface area (Å²) in [6.45, 7) is 4.57. The highest BCUT2D eigenvalue weighted by atomic mass is 79.9. The summed E-state index contributed by atoms with van der Waals surface area (Å²) in [7, 11) is 2.04. The van der Waals surface area contributed by atoms with Gasteiger partial charge < -0.3 is 5.32 Å². The van der Waals surface area contributed by atoms with Crippen molar-refractivity contribution >= 4 is 28.3 Å². The molecule has 0 bridgehead atoms. The van der Waals surface area contributed by atoms with E-state index in [1.54, 1.807) is 0 Å². The van der Waals surface area contributed by atoms with Crippen molar-refractivity contribution in [1.29, 1.82) is 0 Å². The molecule has 0 atom stereocenters. The molecule has 108 valence electrons. The predicted octanol–water partition coefficient (Wildman–Crippen LogP) is 3.09. The molecule has 1 aromatic heterocycles. The zero-order chi connectivity index (χ0) is 12.8. The Bertz CT molecular complexity index is 350. The molecule has 0 unspecified atom stereocenters. The van der Waals surface area contributed by atoms with Crippen LogP contribution in [0.1, 0.15) is 25.0 Å². The summed E-state index contributed by atoms with van der Waals surface area (Å²) < 4.78 is 1.05. The molecule has 2 heterocycles. The summed E-state index contributed by atoms with van der Waals surface area (Å²) in [6, 6.07) is 4.18. The van der Waals surface area contributed by atoms with Gasteiger partial charge in [-0.3, -0.25) is 9.88 Å². The van der Waals surface area contributed by atoms with Gasteiger partial charge in [-0.25, -0.2) is 0 Å². The monoisotopic (exact) mass is 347 g/mol. The van der Waals surface area contributed by atoms with E-state index >= 15 is 0 Å². The Morgan fingerprint density at radius 2 is 2.11 bits per heavy atom. The molecule has 1 fully saturated rings. The van der Waals surface area contributed by atoms with Crippen molar-refractivity contribution < 1.29 is 0 Å². The molecule has 19 heavy (non-hydrogen) atoms. The van der Waals surface area contributed by atoms with E-state index in [4.69, 9.17) is 0 Å². The summed E-state index contributed by atoms with van der Waals surface area (Å²) in [6.07, 6.45) is 5.87. The average Bonchev–Trinajstić information content (AvgIpc) is 2.41. The molecule has 0 aliphatic carbocycles. The van der Waals surface area contributed by atoms with E-state index in [9.17, 15) is 0 Å². The van der Waals surface area contributed by atoms with Gasteiger partial charge in [-0.05, 0) is 79.9 Å². The molecule has 1 aromatic rings. The van der Waals surface area contributed by atoms with E-state index in [1.807, 2.05) is 13.2 Å². The Hall–Kier alpha value is -0.160. The third-order valence-corrected chi connectivity index (χ3v) is 4.15. The van der Waals surface area contributed by atoms with Crippen molar-refractivity contribution in [2.45, 2.75) is 25.8 Å². The molecule has 0 amide bonds. The van der Waals surface area contributed by atoms with Gasteiger partial charge in [-0.1, -0.05) is 0 Å². The fourth-order valence-electron chi connectivity index (χ4n) is 2.51. The highest BCUT2D eigenvalue weighted by molar-refractivity contribution is 9.10. The third kappa shape index (κ3) is 5.78. The Labute approximate surface area is 130 Å². The van der Waals surface area contributed by atoms with Gasteiger partial charge in [-0.15, -0.1) is 12.4 Å². The molecular formula is C14H23BrClN3. The van der Waals surface area contributed by atoms with Crippen LogP contribution in [0.4, 0.5) is 0 Å². The Morgan fingerprint density at radius 3 is 2.68 bits per heavy atom. The second-order valence-electron chi connectivity index (χ2n) is 5.08. The number of piperidine rings is 1. The van der Waals surface area contributed by atoms with Crippen LogP contribution in [-0.4, -0.2) is 36.6 Å². The average molecular weight is 349 g/mol. The first-order valence-corrected chi connectivity index (χ1v) is 7.54. The normalized spacial score (nSPS) is 17.2. The van der Waals surface area contributed by atoms with Crippen LogP contribution < -0.4 is 5.32 Å². The first-order chi connectivity index (χ1) is 8.78. The maximum Gasteiger partial charge on any atom is 0.0544 e. The molecule has 1 aliphatic rings. The molecule has 0 spiro atoms. The minimum atomic E-state index is 0. The standard InChI is InChI=1S/C14H22BrN3.ClH/c1-16-7-4-12-5-8-18(9-6-12)11-14-3-2-13(15)10-17-14;/h2-3,10,12,16H,4-9,11H2,1H3;1H. The van der Waals surface area contributed by atoms with Crippen molar-refractivity contribution in [3.05, 3.63) is 28.5 Å². The third-order valence-electron chi connectivity index (χ3n) is 3.68. The zero-order valence-corrected chi connectivity index (χ0v) is 13.8. The Morgan fingerprint density at radius 1 is 1.37 bits per heavy atom. The van der Waals surface area contributed by atoms with Crippen molar-refractivity contribution in [2.75, 3.05) is 26.7 Å². The van der Waals surface area contributed by atoms with Gasteiger partial charge in [0, 0.05) is 17.2 Å². The minimum Gasteiger partial charge on any atom is -0.320 e. The molecule has 0 saturated carbocycles. The number of nitrogens with zero attached hydrogens (tertiary/aromatic N) is 2. The number of pyridine rings is 1. The lowest BCUT2D eigenvalue weighted by atomic mass is 9.93. The van der Waals surface area contributed by atoms with Crippen LogP contribution in [0.5, 0.6) is 0 Å². The first-order valence-electron chi connectivity index (χ1n) is 6.75. The Balaban J connectivity index is 0.00000180. The number of hydrogen-bond acceptors (Lipinski definition) is 3. The zero-order valence-electron chi connectivity index (χ0n) is 11.4. The molecule has 1 N–H and O–H groups in total. The van der Waals surface area contributed by atoms with Gasteiger partial charge in [0.25, 0.3) is 0 Å². The fourth-order valence-corrected chi connectivity index (χ4v) is 2.75. The molecule has 1 aliphatic heterocycles. The van der Waals surface area contributed by atoms with Gasteiger partial charge in [-0.2, -0.15) is 0 Å². The molecule has 3 nitrogen and oxygen atoms in total. The van der Waals surface area contributed by atoms with E-state index in [-0.39, 0.29) is 12.4 Å².